The molecule has 2 heterocycles. The maximum Gasteiger partial charge on any atom is 0.0991 e. The molecule has 3 rings (SSSR count). The first kappa shape index (κ1) is 11.7. The van der Waals surface area contributed by atoms with E-state index in [2.05, 4.69) is 22.4 Å². The molecule has 0 amide bonds. The number of hydrogen-bond donors (Lipinski definition) is 1. The van der Waals surface area contributed by atoms with Crippen molar-refractivity contribution in [2.45, 2.75) is 18.7 Å². The molecular weight excluding hydrogens is 226 g/mol. The van der Waals surface area contributed by atoms with E-state index in [9.17, 15) is 0 Å². The summed E-state index contributed by atoms with van der Waals surface area (Å²) in [6.07, 6.45) is 0.331. The fraction of sp³-hybridized carbons (Fsp3) is 0.500. The third kappa shape index (κ3) is 2.25. The number of ether oxygens (including phenoxy) is 1. The van der Waals surface area contributed by atoms with E-state index in [-0.39, 0.29) is 0 Å². The monoisotopic (exact) mass is 243 g/mol. The molecule has 0 radical (unpaired) electrons. The molecule has 0 bridgehead atoms. The van der Waals surface area contributed by atoms with E-state index in [4.69, 9.17) is 10.00 Å². The lowest BCUT2D eigenvalue weighted by atomic mass is 10.1. The van der Waals surface area contributed by atoms with Crippen molar-refractivity contribution < 1.29 is 4.74 Å². The number of hydrogen-bond acceptors (Lipinski definition) is 4. The first-order chi connectivity index (χ1) is 8.86. The SMILES string of the molecule is N#Cc1cccc(CN2CCO[C@@H]3CNC[C@@H]32)c1. The van der Waals surface area contributed by atoms with Crippen molar-refractivity contribution in [1.82, 2.24) is 10.2 Å². The Labute approximate surface area is 107 Å². The Morgan fingerprint density at radius 3 is 3.28 bits per heavy atom. The van der Waals surface area contributed by atoms with Crippen molar-refractivity contribution in [3.8, 4) is 6.07 Å². The van der Waals surface area contributed by atoms with Crippen LogP contribution in [0.25, 0.3) is 0 Å². The third-order valence-corrected chi connectivity index (χ3v) is 3.75. The Kier molecular flexibility index (Phi) is 3.28. The fourth-order valence-corrected chi connectivity index (χ4v) is 2.83. The normalized spacial score (nSPS) is 27.7. The Hall–Kier alpha value is -1.41. The van der Waals surface area contributed by atoms with Crippen LogP contribution in [0.5, 0.6) is 0 Å². The predicted octanol–water partition coefficient (Wildman–Crippen LogP) is 0.731. The second-order valence-electron chi connectivity index (χ2n) is 4.92. The summed E-state index contributed by atoms with van der Waals surface area (Å²) in [6.45, 7) is 4.64. The van der Waals surface area contributed by atoms with E-state index in [1.165, 1.54) is 5.56 Å². The standard InChI is InChI=1S/C14H17N3O/c15-7-11-2-1-3-12(6-11)10-17-4-5-18-14-9-16-8-13(14)17/h1-3,6,13-14,16H,4-5,8-10H2/t13-,14+/m0/s1. The molecule has 0 unspecified atom stereocenters. The van der Waals surface area contributed by atoms with Gasteiger partial charge in [0, 0.05) is 32.2 Å². The molecule has 2 aliphatic rings. The first-order valence-electron chi connectivity index (χ1n) is 6.42. The van der Waals surface area contributed by atoms with E-state index in [0.29, 0.717) is 12.1 Å². The highest BCUT2D eigenvalue weighted by Gasteiger charge is 2.35. The number of nitrogens with zero attached hydrogens (tertiary/aromatic N) is 2. The van der Waals surface area contributed by atoms with Gasteiger partial charge >= 0.3 is 0 Å². The van der Waals surface area contributed by atoms with Crippen molar-refractivity contribution in [3.63, 3.8) is 0 Å². The van der Waals surface area contributed by atoms with Crippen molar-refractivity contribution in [1.29, 1.82) is 5.26 Å². The van der Waals surface area contributed by atoms with Crippen molar-refractivity contribution in [2.75, 3.05) is 26.2 Å². The summed E-state index contributed by atoms with van der Waals surface area (Å²) in [6, 6.07) is 10.5. The molecule has 2 saturated heterocycles. The highest BCUT2D eigenvalue weighted by atomic mass is 16.5. The molecule has 2 aliphatic heterocycles. The zero-order valence-electron chi connectivity index (χ0n) is 10.3. The summed E-state index contributed by atoms with van der Waals surface area (Å²) in [7, 11) is 0. The molecule has 18 heavy (non-hydrogen) atoms. The van der Waals surface area contributed by atoms with E-state index in [1.54, 1.807) is 0 Å². The Morgan fingerprint density at radius 2 is 2.39 bits per heavy atom. The van der Waals surface area contributed by atoms with E-state index < -0.39 is 0 Å². The van der Waals surface area contributed by atoms with Gasteiger partial charge in [0.15, 0.2) is 0 Å². The lowest BCUT2D eigenvalue weighted by molar-refractivity contribution is -0.0500. The smallest absolute Gasteiger partial charge is 0.0991 e. The number of benzene rings is 1. The largest absolute Gasteiger partial charge is 0.374 e. The second kappa shape index (κ2) is 5.07. The number of nitrogens with one attached hydrogen (secondary N) is 1. The summed E-state index contributed by atoms with van der Waals surface area (Å²) in [5, 5.41) is 12.3. The third-order valence-electron chi connectivity index (χ3n) is 3.75. The molecule has 1 aromatic carbocycles. The number of rotatable bonds is 2. The fourth-order valence-electron chi connectivity index (χ4n) is 2.83. The van der Waals surface area contributed by atoms with Crippen LogP contribution in [0.4, 0.5) is 0 Å². The number of morpholine rings is 1. The van der Waals surface area contributed by atoms with Crippen LogP contribution in [0.1, 0.15) is 11.1 Å². The van der Waals surface area contributed by atoms with Crippen LogP contribution in [0, 0.1) is 11.3 Å². The average molecular weight is 243 g/mol. The van der Waals surface area contributed by atoms with Gasteiger partial charge < -0.3 is 10.1 Å². The number of nitriles is 1. The van der Waals surface area contributed by atoms with Crippen LogP contribution >= 0.6 is 0 Å². The molecule has 0 spiro atoms. The van der Waals surface area contributed by atoms with Crippen LogP contribution in [-0.4, -0.2) is 43.3 Å². The minimum absolute atomic E-state index is 0.331. The maximum atomic E-state index is 8.92. The van der Waals surface area contributed by atoms with E-state index >= 15 is 0 Å². The zero-order chi connectivity index (χ0) is 12.4. The topological polar surface area (TPSA) is 48.3 Å². The van der Waals surface area contributed by atoms with Gasteiger partial charge in [-0.05, 0) is 17.7 Å². The Balaban J connectivity index is 1.73. The highest BCUT2D eigenvalue weighted by Crippen LogP contribution is 2.20. The van der Waals surface area contributed by atoms with Gasteiger partial charge in [-0.15, -0.1) is 0 Å². The van der Waals surface area contributed by atoms with Gasteiger partial charge in [-0.3, -0.25) is 4.90 Å². The van der Waals surface area contributed by atoms with Crippen LogP contribution in [0.2, 0.25) is 0 Å². The van der Waals surface area contributed by atoms with Crippen LogP contribution < -0.4 is 5.32 Å². The van der Waals surface area contributed by atoms with Gasteiger partial charge in [0.25, 0.3) is 0 Å². The molecular formula is C14H17N3O. The van der Waals surface area contributed by atoms with Crippen LogP contribution in [0.3, 0.4) is 0 Å². The molecule has 2 atom stereocenters. The summed E-state index contributed by atoms with van der Waals surface area (Å²) < 4.78 is 5.76. The minimum Gasteiger partial charge on any atom is -0.374 e. The summed E-state index contributed by atoms with van der Waals surface area (Å²) in [4.78, 5) is 2.46. The second-order valence-corrected chi connectivity index (χ2v) is 4.92. The Bertz CT molecular complexity index is 468. The predicted molar refractivity (Wildman–Crippen MR) is 68.0 cm³/mol. The van der Waals surface area contributed by atoms with Gasteiger partial charge in [-0.2, -0.15) is 5.26 Å². The quantitative estimate of drug-likeness (QED) is 0.832. The molecule has 4 nitrogen and oxygen atoms in total. The molecule has 1 N–H and O–H groups in total. The van der Waals surface area contributed by atoms with Gasteiger partial charge in [0.1, 0.15) is 0 Å². The van der Waals surface area contributed by atoms with Crippen LogP contribution in [-0.2, 0) is 11.3 Å². The molecule has 4 heteroatoms. The van der Waals surface area contributed by atoms with Crippen molar-refractivity contribution in [2.24, 2.45) is 0 Å². The molecule has 0 saturated carbocycles. The van der Waals surface area contributed by atoms with Crippen molar-refractivity contribution in [3.05, 3.63) is 35.4 Å². The summed E-state index contributed by atoms with van der Waals surface area (Å²) in [5.41, 5.74) is 1.95. The lowest BCUT2D eigenvalue weighted by Gasteiger charge is -2.37. The van der Waals surface area contributed by atoms with Crippen LogP contribution in [0.15, 0.2) is 24.3 Å². The summed E-state index contributed by atoms with van der Waals surface area (Å²) in [5.74, 6) is 0. The van der Waals surface area contributed by atoms with E-state index in [1.807, 2.05) is 18.2 Å². The average Bonchev–Trinajstić information content (AvgIpc) is 2.88. The van der Waals surface area contributed by atoms with E-state index in [0.717, 1.165) is 38.3 Å². The minimum atomic E-state index is 0.331. The van der Waals surface area contributed by atoms with Gasteiger partial charge in [-0.1, -0.05) is 12.1 Å². The number of fused-ring (bicyclic) bond motifs is 1. The summed E-state index contributed by atoms with van der Waals surface area (Å²) >= 11 is 0. The first-order valence-corrected chi connectivity index (χ1v) is 6.42. The van der Waals surface area contributed by atoms with Crippen molar-refractivity contribution >= 4 is 0 Å². The van der Waals surface area contributed by atoms with Gasteiger partial charge in [-0.25, -0.2) is 0 Å². The molecule has 2 fully saturated rings. The Morgan fingerprint density at radius 1 is 1.44 bits per heavy atom. The zero-order valence-corrected chi connectivity index (χ0v) is 10.3. The highest BCUT2D eigenvalue weighted by molar-refractivity contribution is 5.32. The molecule has 0 aromatic heterocycles. The van der Waals surface area contributed by atoms with Gasteiger partial charge in [0.2, 0.25) is 0 Å². The molecule has 0 aliphatic carbocycles. The molecule has 1 aromatic rings. The molecule has 94 valence electrons. The van der Waals surface area contributed by atoms with Gasteiger partial charge in [0.05, 0.1) is 24.3 Å². The lowest BCUT2D eigenvalue weighted by Crippen LogP contribution is -2.50. The maximum absolute atomic E-state index is 8.92.